The average molecular weight is 196 g/mol. The number of hydrogen-bond acceptors (Lipinski definition) is 5. The van der Waals surface area contributed by atoms with Crippen molar-refractivity contribution in [1.29, 1.82) is 0 Å². The van der Waals surface area contributed by atoms with Crippen molar-refractivity contribution in [2.45, 2.75) is 12.5 Å². The van der Waals surface area contributed by atoms with Gasteiger partial charge in [-0.1, -0.05) is 4.49 Å². The Kier molecular flexibility index (Phi) is 2.37. The van der Waals surface area contributed by atoms with Gasteiger partial charge in [-0.25, -0.2) is 0 Å². The summed E-state index contributed by atoms with van der Waals surface area (Å²) in [5, 5.41) is 15.1. The maximum absolute atomic E-state index is 9.63. The SMILES string of the molecule is OC(Cc1ccco1)c1csnn1. The van der Waals surface area contributed by atoms with Gasteiger partial charge in [0.15, 0.2) is 0 Å². The molecule has 4 nitrogen and oxygen atoms in total. The highest BCUT2D eigenvalue weighted by molar-refractivity contribution is 7.03. The van der Waals surface area contributed by atoms with E-state index in [2.05, 4.69) is 9.59 Å². The zero-order chi connectivity index (χ0) is 9.10. The largest absolute Gasteiger partial charge is 0.469 e. The van der Waals surface area contributed by atoms with Gasteiger partial charge in [0.05, 0.1) is 6.26 Å². The zero-order valence-electron chi connectivity index (χ0n) is 6.75. The molecule has 0 aromatic carbocycles. The molecule has 13 heavy (non-hydrogen) atoms. The molecule has 0 spiro atoms. The smallest absolute Gasteiger partial charge is 0.106 e. The van der Waals surface area contributed by atoms with E-state index in [-0.39, 0.29) is 0 Å². The summed E-state index contributed by atoms with van der Waals surface area (Å²) in [6, 6.07) is 3.62. The van der Waals surface area contributed by atoms with Gasteiger partial charge >= 0.3 is 0 Å². The Bertz CT molecular complexity index is 344. The molecule has 2 aromatic rings. The van der Waals surface area contributed by atoms with Crippen LogP contribution in [-0.4, -0.2) is 14.7 Å². The molecule has 5 heteroatoms. The van der Waals surface area contributed by atoms with Crippen LogP contribution in [0.15, 0.2) is 28.2 Å². The van der Waals surface area contributed by atoms with E-state index in [1.54, 1.807) is 17.7 Å². The first kappa shape index (κ1) is 8.40. The number of hydrogen-bond donors (Lipinski definition) is 1. The van der Waals surface area contributed by atoms with Crippen LogP contribution in [-0.2, 0) is 6.42 Å². The Hall–Kier alpha value is -1.20. The summed E-state index contributed by atoms with van der Waals surface area (Å²) in [5.74, 6) is 0.750. The summed E-state index contributed by atoms with van der Waals surface area (Å²) in [7, 11) is 0. The van der Waals surface area contributed by atoms with Gasteiger partial charge in [0.1, 0.15) is 17.6 Å². The van der Waals surface area contributed by atoms with Crippen LogP contribution in [0, 0.1) is 0 Å². The van der Waals surface area contributed by atoms with E-state index in [1.165, 1.54) is 11.5 Å². The topological polar surface area (TPSA) is 59.2 Å². The minimum Gasteiger partial charge on any atom is -0.469 e. The molecule has 0 amide bonds. The number of aromatic nitrogens is 2. The summed E-state index contributed by atoms with van der Waals surface area (Å²) < 4.78 is 8.77. The predicted molar refractivity (Wildman–Crippen MR) is 47.3 cm³/mol. The minimum absolute atomic E-state index is 0.443. The molecule has 2 rings (SSSR count). The number of aliphatic hydroxyl groups excluding tert-OH is 1. The van der Waals surface area contributed by atoms with Gasteiger partial charge in [0.25, 0.3) is 0 Å². The molecule has 0 radical (unpaired) electrons. The third-order valence-corrected chi connectivity index (χ3v) is 2.22. The average Bonchev–Trinajstić information content (AvgIpc) is 2.74. The van der Waals surface area contributed by atoms with Crippen molar-refractivity contribution in [3.63, 3.8) is 0 Å². The first-order valence-electron chi connectivity index (χ1n) is 3.83. The van der Waals surface area contributed by atoms with E-state index in [4.69, 9.17) is 4.42 Å². The zero-order valence-corrected chi connectivity index (χ0v) is 7.57. The fourth-order valence-corrected chi connectivity index (χ4v) is 1.54. The van der Waals surface area contributed by atoms with Crippen LogP contribution < -0.4 is 0 Å². The fraction of sp³-hybridized carbons (Fsp3) is 0.250. The lowest BCUT2D eigenvalue weighted by Crippen LogP contribution is -2.01. The van der Waals surface area contributed by atoms with Gasteiger partial charge in [0, 0.05) is 11.8 Å². The van der Waals surface area contributed by atoms with Crippen molar-refractivity contribution in [1.82, 2.24) is 9.59 Å². The number of furan rings is 1. The highest BCUT2D eigenvalue weighted by Gasteiger charge is 2.12. The van der Waals surface area contributed by atoms with E-state index in [0.29, 0.717) is 12.1 Å². The summed E-state index contributed by atoms with van der Waals surface area (Å²) >= 11 is 1.23. The molecule has 0 saturated heterocycles. The number of rotatable bonds is 3. The molecule has 2 heterocycles. The van der Waals surface area contributed by atoms with Crippen LogP contribution >= 0.6 is 11.5 Å². The van der Waals surface area contributed by atoms with Gasteiger partial charge in [-0.15, -0.1) is 5.10 Å². The highest BCUT2D eigenvalue weighted by Crippen LogP contribution is 2.16. The van der Waals surface area contributed by atoms with Crippen LogP contribution in [0.4, 0.5) is 0 Å². The van der Waals surface area contributed by atoms with Crippen LogP contribution in [0.3, 0.4) is 0 Å². The molecule has 1 N–H and O–H groups in total. The van der Waals surface area contributed by atoms with Crippen molar-refractivity contribution >= 4 is 11.5 Å². The van der Waals surface area contributed by atoms with Crippen LogP contribution in [0.5, 0.6) is 0 Å². The molecule has 2 aromatic heterocycles. The van der Waals surface area contributed by atoms with Crippen LogP contribution in [0.2, 0.25) is 0 Å². The van der Waals surface area contributed by atoms with Gasteiger partial charge in [-0.3, -0.25) is 0 Å². The first-order valence-corrected chi connectivity index (χ1v) is 4.67. The second-order valence-electron chi connectivity index (χ2n) is 2.63. The van der Waals surface area contributed by atoms with E-state index in [1.807, 2.05) is 6.07 Å². The molecule has 0 fully saturated rings. The van der Waals surface area contributed by atoms with E-state index in [0.717, 1.165) is 5.76 Å². The molecule has 0 aliphatic rings. The summed E-state index contributed by atoms with van der Waals surface area (Å²) in [4.78, 5) is 0. The predicted octanol–water partition coefficient (Wildman–Crippen LogP) is 1.41. The molecule has 0 aliphatic heterocycles. The third kappa shape index (κ3) is 1.93. The molecule has 0 aliphatic carbocycles. The van der Waals surface area contributed by atoms with Crippen LogP contribution in [0.25, 0.3) is 0 Å². The van der Waals surface area contributed by atoms with Gasteiger partial charge in [-0.05, 0) is 23.7 Å². The maximum atomic E-state index is 9.63. The highest BCUT2D eigenvalue weighted by atomic mass is 32.1. The van der Waals surface area contributed by atoms with Crippen molar-refractivity contribution in [2.75, 3.05) is 0 Å². The molecular formula is C8H8N2O2S. The normalized spacial score (nSPS) is 13.0. The van der Waals surface area contributed by atoms with Crippen molar-refractivity contribution < 1.29 is 9.52 Å². The fourth-order valence-electron chi connectivity index (χ4n) is 1.04. The van der Waals surface area contributed by atoms with E-state index < -0.39 is 6.10 Å². The standard InChI is InChI=1S/C8H8N2O2S/c11-8(7-5-13-10-9-7)4-6-2-1-3-12-6/h1-3,5,8,11H,4H2. The Morgan fingerprint density at radius 2 is 2.54 bits per heavy atom. The summed E-state index contributed by atoms with van der Waals surface area (Å²) in [6.07, 6.45) is 1.41. The third-order valence-electron chi connectivity index (χ3n) is 1.69. The van der Waals surface area contributed by atoms with Gasteiger partial charge in [0.2, 0.25) is 0 Å². The Morgan fingerprint density at radius 3 is 3.15 bits per heavy atom. The van der Waals surface area contributed by atoms with Crippen LogP contribution in [0.1, 0.15) is 17.6 Å². The summed E-state index contributed by atoms with van der Waals surface area (Å²) in [6.45, 7) is 0. The van der Waals surface area contributed by atoms with Gasteiger partial charge in [-0.2, -0.15) is 0 Å². The lowest BCUT2D eigenvalue weighted by Gasteiger charge is -2.03. The van der Waals surface area contributed by atoms with Gasteiger partial charge < -0.3 is 9.52 Å². The van der Waals surface area contributed by atoms with Crippen molar-refractivity contribution in [2.24, 2.45) is 0 Å². The molecule has 0 bridgehead atoms. The Labute approximate surface area is 79.0 Å². The van der Waals surface area contributed by atoms with Crippen molar-refractivity contribution in [3.05, 3.63) is 35.2 Å². The quantitative estimate of drug-likeness (QED) is 0.806. The Morgan fingerprint density at radius 1 is 1.62 bits per heavy atom. The van der Waals surface area contributed by atoms with Crippen molar-refractivity contribution in [3.8, 4) is 0 Å². The lowest BCUT2D eigenvalue weighted by molar-refractivity contribution is 0.166. The maximum Gasteiger partial charge on any atom is 0.106 e. The molecule has 1 atom stereocenters. The Balaban J connectivity index is 2.04. The van der Waals surface area contributed by atoms with E-state index >= 15 is 0 Å². The lowest BCUT2D eigenvalue weighted by atomic mass is 10.2. The molecular weight excluding hydrogens is 188 g/mol. The number of aliphatic hydroxyl groups is 1. The number of nitrogens with zero attached hydrogens (tertiary/aromatic N) is 2. The molecule has 1 unspecified atom stereocenters. The van der Waals surface area contributed by atoms with E-state index in [9.17, 15) is 5.11 Å². The first-order chi connectivity index (χ1) is 6.36. The monoisotopic (exact) mass is 196 g/mol. The summed E-state index contributed by atoms with van der Waals surface area (Å²) in [5.41, 5.74) is 0.599. The second-order valence-corrected chi connectivity index (χ2v) is 3.24. The molecule has 68 valence electrons. The minimum atomic E-state index is -0.620. The second kappa shape index (κ2) is 3.68. The molecule has 0 saturated carbocycles.